The van der Waals surface area contributed by atoms with Crippen LogP contribution in [0.15, 0.2) is 29.3 Å². The molecule has 0 aliphatic carbocycles. The molecule has 2 N–H and O–H groups in total. The molecule has 3 atom stereocenters. The van der Waals surface area contributed by atoms with Crippen LogP contribution < -0.4 is 5.32 Å². The molecular formula is C20H33FIN3O2. The molecule has 1 aromatic carbocycles. The van der Waals surface area contributed by atoms with Gasteiger partial charge in [-0.25, -0.2) is 4.39 Å². The van der Waals surface area contributed by atoms with E-state index in [1.165, 1.54) is 12.1 Å². The Labute approximate surface area is 179 Å². The summed E-state index contributed by atoms with van der Waals surface area (Å²) in [6.45, 7) is 11.0. The van der Waals surface area contributed by atoms with Crippen LogP contribution in [0, 0.1) is 11.2 Å². The van der Waals surface area contributed by atoms with Crippen LogP contribution in [0.3, 0.4) is 0 Å². The van der Waals surface area contributed by atoms with Gasteiger partial charge in [0, 0.05) is 18.5 Å². The summed E-state index contributed by atoms with van der Waals surface area (Å²) in [4.78, 5) is 6.98. The zero-order chi connectivity index (χ0) is 19.2. The minimum absolute atomic E-state index is 0. The normalized spacial score (nSPS) is 22.7. The molecule has 3 unspecified atom stereocenters. The molecule has 154 valence electrons. The average molecular weight is 493 g/mol. The molecule has 2 rings (SSSR count). The van der Waals surface area contributed by atoms with Gasteiger partial charge in [0.25, 0.3) is 0 Å². The Morgan fingerprint density at radius 3 is 2.56 bits per heavy atom. The Morgan fingerprint density at radius 1 is 1.33 bits per heavy atom. The predicted octanol–water partition coefficient (Wildman–Crippen LogP) is 3.58. The summed E-state index contributed by atoms with van der Waals surface area (Å²) >= 11 is 0. The molecule has 0 aromatic heterocycles. The van der Waals surface area contributed by atoms with Crippen molar-refractivity contribution in [3.8, 4) is 0 Å². The van der Waals surface area contributed by atoms with Gasteiger partial charge in [0.15, 0.2) is 5.96 Å². The maximum atomic E-state index is 13.2. The van der Waals surface area contributed by atoms with E-state index in [4.69, 9.17) is 9.73 Å². The van der Waals surface area contributed by atoms with Gasteiger partial charge in [0.2, 0.25) is 0 Å². The number of halogens is 2. The monoisotopic (exact) mass is 493 g/mol. The lowest BCUT2D eigenvalue weighted by Crippen LogP contribution is -2.51. The molecule has 1 aliphatic rings. The summed E-state index contributed by atoms with van der Waals surface area (Å²) < 4.78 is 19.3. The predicted molar refractivity (Wildman–Crippen MR) is 118 cm³/mol. The van der Waals surface area contributed by atoms with E-state index in [9.17, 15) is 9.50 Å². The molecule has 5 nitrogen and oxygen atoms in total. The van der Waals surface area contributed by atoms with Crippen LogP contribution in [0.4, 0.5) is 4.39 Å². The highest BCUT2D eigenvalue weighted by atomic mass is 127. The van der Waals surface area contributed by atoms with Crippen LogP contribution >= 0.6 is 24.0 Å². The largest absolute Gasteiger partial charge is 0.396 e. The van der Waals surface area contributed by atoms with Gasteiger partial charge in [0.1, 0.15) is 11.9 Å². The molecule has 0 spiro atoms. The van der Waals surface area contributed by atoms with Crippen molar-refractivity contribution in [3.05, 3.63) is 35.6 Å². The maximum Gasteiger partial charge on any atom is 0.194 e. The van der Waals surface area contributed by atoms with Crippen molar-refractivity contribution in [1.29, 1.82) is 0 Å². The van der Waals surface area contributed by atoms with Crippen LogP contribution in [0.2, 0.25) is 0 Å². The van der Waals surface area contributed by atoms with Gasteiger partial charge in [-0.3, -0.25) is 4.99 Å². The van der Waals surface area contributed by atoms with Crippen LogP contribution in [0.1, 0.15) is 45.8 Å². The number of aliphatic hydroxyl groups is 1. The highest BCUT2D eigenvalue weighted by Crippen LogP contribution is 2.26. The Kier molecular flexibility index (Phi) is 9.97. The molecule has 1 aromatic rings. The van der Waals surface area contributed by atoms with E-state index in [2.05, 4.69) is 17.1 Å². The first-order valence-corrected chi connectivity index (χ1v) is 9.45. The first-order chi connectivity index (χ1) is 12.4. The SMILES string of the molecule is CCNC(=NCC(C)(CC)CO)N1CC(C)OC(c2ccc(F)cc2)C1.I. The number of rotatable bonds is 6. The molecule has 0 bridgehead atoms. The lowest BCUT2D eigenvalue weighted by Gasteiger charge is -2.39. The number of nitrogens with one attached hydrogen (secondary N) is 1. The zero-order valence-electron chi connectivity index (χ0n) is 16.7. The van der Waals surface area contributed by atoms with Gasteiger partial charge in [-0.2, -0.15) is 0 Å². The van der Waals surface area contributed by atoms with Crippen molar-refractivity contribution in [2.24, 2.45) is 10.4 Å². The molecule has 1 fully saturated rings. The topological polar surface area (TPSA) is 57.1 Å². The highest BCUT2D eigenvalue weighted by molar-refractivity contribution is 14.0. The number of aliphatic hydroxyl groups excluding tert-OH is 1. The number of morpholine rings is 1. The van der Waals surface area contributed by atoms with Gasteiger partial charge < -0.3 is 20.1 Å². The van der Waals surface area contributed by atoms with Crippen LogP contribution in [-0.2, 0) is 4.74 Å². The third-order valence-corrected chi connectivity index (χ3v) is 4.98. The third kappa shape index (κ3) is 6.87. The van der Waals surface area contributed by atoms with Gasteiger partial charge in [-0.15, -0.1) is 24.0 Å². The molecule has 7 heteroatoms. The Balaban J connectivity index is 0.00000364. The van der Waals surface area contributed by atoms with Crippen molar-refractivity contribution in [2.45, 2.75) is 46.3 Å². The van der Waals surface area contributed by atoms with Crippen molar-refractivity contribution in [1.82, 2.24) is 10.2 Å². The first kappa shape index (κ1) is 24.1. The van der Waals surface area contributed by atoms with E-state index in [0.29, 0.717) is 13.1 Å². The highest BCUT2D eigenvalue weighted by Gasteiger charge is 2.29. The zero-order valence-corrected chi connectivity index (χ0v) is 19.1. The third-order valence-electron chi connectivity index (χ3n) is 4.98. The van der Waals surface area contributed by atoms with E-state index >= 15 is 0 Å². The minimum Gasteiger partial charge on any atom is -0.396 e. The van der Waals surface area contributed by atoms with Gasteiger partial charge in [0.05, 0.1) is 25.8 Å². The van der Waals surface area contributed by atoms with Gasteiger partial charge in [-0.05, 0) is 38.0 Å². The van der Waals surface area contributed by atoms with E-state index < -0.39 is 0 Å². The summed E-state index contributed by atoms with van der Waals surface area (Å²) in [6, 6.07) is 6.49. The second-order valence-corrected chi connectivity index (χ2v) is 7.38. The molecule has 1 aliphatic heterocycles. The minimum atomic E-state index is -0.243. The number of hydrogen-bond donors (Lipinski definition) is 2. The summed E-state index contributed by atoms with van der Waals surface area (Å²) in [5.74, 6) is 0.593. The van der Waals surface area contributed by atoms with Crippen molar-refractivity contribution in [3.63, 3.8) is 0 Å². The second-order valence-electron chi connectivity index (χ2n) is 7.38. The number of aliphatic imine (C=N–C) groups is 1. The lowest BCUT2D eigenvalue weighted by atomic mass is 9.89. The quantitative estimate of drug-likeness (QED) is 0.362. The molecule has 0 amide bonds. The molecule has 1 saturated heterocycles. The summed E-state index contributed by atoms with van der Waals surface area (Å²) in [7, 11) is 0. The summed E-state index contributed by atoms with van der Waals surface area (Å²) in [6.07, 6.45) is 0.779. The summed E-state index contributed by atoms with van der Waals surface area (Å²) in [5, 5.41) is 13.0. The Bertz CT molecular complexity index is 593. The fraction of sp³-hybridized carbons (Fsp3) is 0.650. The van der Waals surface area contributed by atoms with Crippen LogP contribution in [0.25, 0.3) is 0 Å². The van der Waals surface area contributed by atoms with E-state index in [1.54, 1.807) is 12.1 Å². The second kappa shape index (κ2) is 11.2. The van der Waals surface area contributed by atoms with Crippen molar-refractivity contribution >= 4 is 29.9 Å². The standard InChI is InChI=1S/C20H32FN3O2.HI/c1-5-20(4,14-25)13-23-19(22-6-2)24-11-15(3)26-18(12-24)16-7-9-17(21)10-8-16;/h7-10,15,18,25H,5-6,11-14H2,1-4H3,(H,22,23);1H. The number of hydrogen-bond acceptors (Lipinski definition) is 3. The van der Waals surface area contributed by atoms with Crippen molar-refractivity contribution in [2.75, 3.05) is 32.8 Å². The Morgan fingerprint density at radius 2 is 2.00 bits per heavy atom. The number of guanidine groups is 1. The van der Waals surface area contributed by atoms with E-state index in [-0.39, 0.29) is 54.0 Å². The molecule has 27 heavy (non-hydrogen) atoms. The maximum absolute atomic E-state index is 13.2. The summed E-state index contributed by atoms with van der Waals surface area (Å²) in [5.41, 5.74) is 0.752. The number of nitrogens with zero attached hydrogens (tertiary/aromatic N) is 2. The first-order valence-electron chi connectivity index (χ1n) is 9.45. The number of benzene rings is 1. The average Bonchev–Trinajstić information content (AvgIpc) is 2.65. The van der Waals surface area contributed by atoms with Crippen LogP contribution in [0.5, 0.6) is 0 Å². The van der Waals surface area contributed by atoms with E-state index in [1.807, 2.05) is 20.8 Å². The molecule has 1 heterocycles. The Hall–Kier alpha value is -0.930. The van der Waals surface area contributed by atoms with E-state index in [0.717, 1.165) is 31.0 Å². The fourth-order valence-electron chi connectivity index (χ4n) is 2.95. The molecule has 0 radical (unpaired) electrons. The smallest absolute Gasteiger partial charge is 0.194 e. The molecule has 0 saturated carbocycles. The van der Waals surface area contributed by atoms with Crippen LogP contribution in [-0.4, -0.2) is 54.9 Å². The molecular weight excluding hydrogens is 460 g/mol. The number of ether oxygens (including phenoxy) is 1. The van der Waals surface area contributed by atoms with Gasteiger partial charge in [-0.1, -0.05) is 26.0 Å². The lowest BCUT2D eigenvalue weighted by molar-refractivity contribution is -0.0605. The van der Waals surface area contributed by atoms with Crippen molar-refractivity contribution < 1.29 is 14.2 Å². The fourth-order valence-corrected chi connectivity index (χ4v) is 2.95. The van der Waals surface area contributed by atoms with Gasteiger partial charge >= 0.3 is 0 Å².